The second kappa shape index (κ2) is 8.20. The van der Waals surface area contributed by atoms with Gasteiger partial charge in [-0.3, -0.25) is 9.52 Å². The first kappa shape index (κ1) is 20.0. The number of amides is 1. The molecule has 3 aliphatic rings. The highest BCUT2D eigenvalue weighted by atomic mass is 32.2. The molecule has 4 rings (SSSR count). The van der Waals surface area contributed by atoms with Crippen molar-refractivity contribution in [3.05, 3.63) is 34.6 Å². The highest BCUT2D eigenvalue weighted by molar-refractivity contribution is 7.82. The standard InChI is InChI=1S/C21H29FN2O3S/c1-28(26)24-20(25)18-9-17(15-2-3-15)16(8-19(18)22)13-27-12-14-10-21(11-14)4-6-23-7-5-21/h8-9,14-15,23H,2-7,10-13H2,1H3,(H,24,25). The van der Waals surface area contributed by atoms with Crippen LogP contribution < -0.4 is 10.0 Å². The molecule has 3 fully saturated rings. The minimum atomic E-state index is -1.52. The molecule has 1 spiro atoms. The Balaban J connectivity index is 1.36. The molecule has 0 aromatic heterocycles. The van der Waals surface area contributed by atoms with Crippen molar-refractivity contribution in [2.75, 3.05) is 26.0 Å². The predicted molar refractivity (Wildman–Crippen MR) is 107 cm³/mol. The molecule has 1 saturated heterocycles. The summed E-state index contributed by atoms with van der Waals surface area (Å²) >= 11 is 0. The van der Waals surface area contributed by atoms with Gasteiger partial charge in [-0.15, -0.1) is 0 Å². The van der Waals surface area contributed by atoms with Gasteiger partial charge in [-0.05, 0) is 92.1 Å². The quantitative estimate of drug-likeness (QED) is 0.728. The zero-order valence-electron chi connectivity index (χ0n) is 16.4. The summed E-state index contributed by atoms with van der Waals surface area (Å²) < 4.78 is 33.9. The molecule has 2 aliphatic carbocycles. The van der Waals surface area contributed by atoms with E-state index < -0.39 is 22.7 Å². The third-order valence-corrected chi connectivity index (χ3v) is 6.92. The van der Waals surface area contributed by atoms with Gasteiger partial charge in [0.2, 0.25) is 0 Å². The van der Waals surface area contributed by atoms with Crippen LogP contribution in [0.3, 0.4) is 0 Å². The maximum absolute atomic E-state index is 14.5. The molecule has 5 nitrogen and oxygen atoms in total. The van der Waals surface area contributed by atoms with Crippen molar-refractivity contribution >= 4 is 16.9 Å². The minimum Gasteiger partial charge on any atom is -0.376 e. The van der Waals surface area contributed by atoms with Crippen molar-refractivity contribution in [3.8, 4) is 0 Å². The Morgan fingerprint density at radius 2 is 2.04 bits per heavy atom. The summed E-state index contributed by atoms with van der Waals surface area (Å²) in [5.41, 5.74) is 2.34. The molecule has 154 valence electrons. The number of nitrogens with one attached hydrogen (secondary N) is 2. The van der Waals surface area contributed by atoms with Crippen LogP contribution in [0.2, 0.25) is 0 Å². The summed E-state index contributed by atoms with van der Waals surface area (Å²) in [6.45, 7) is 3.36. The summed E-state index contributed by atoms with van der Waals surface area (Å²) in [4.78, 5) is 12.1. The lowest BCUT2D eigenvalue weighted by atomic mass is 9.58. The first-order valence-electron chi connectivity index (χ1n) is 10.2. The normalized spacial score (nSPS) is 22.6. The molecular weight excluding hydrogens is 379 g/mol. The van der Waals surface area contributed by atoms with E-state index in [0.717, 1.165) is 43.7 Å². The lowest BCUT2D eigenvalue weighted by Gasteiger charge is -2.50. The zero-order chi connectivity index (χ0) is 19.7. The number of benzene rings is 1. The number of hydrogen-bond acceptors (Lipinski definition) is 4. The van der Waals surface area contributed by atoms with Crippen LogP contribution in [-0.4, -0.2) is 36.1 Å². The fraction of sp³-hybridized carbons (Fsp3) is 0.667. The molecule has 1 heterocycles. The van der Waals surface area contributed by atoms with Crippen molar-refractivity contribution in [2.24, 2.45) is 11.3 Å². The minimum absolute atomic E-state index is 0.0345. The van der Waals surface area contributed by atoms with Gasteiger partial charge < -0.3 is 10.1 Å². The third kappa shape index (κ3) is 4.47. The first-order valence-corrected chi connectivity index (χ1v) is 11.8. The molecule has 2 saturated carbocycles. The first-order chi connectivity index (χ1) is 13.5. The number of rotatable bonds is 7. The highest BCUT2D eigenvalue weighted by Gasteiger charge is 2.44. The van der Waals surface area contributed by atoms with Gasteiger partial charge in [0.25, 0.3) is 5.91 Å². The number of piperidine rings is 1. The van der Waals surface area contributed by atoms with E-state index in [4.69, 9.17) is 4.74 Å². The van der Waals surface area contributed by atoms with Gasteiger partial charge in [0, 0.05) is 12.9 Å². The van der Waals surface area contributed by atoms with E-state index in [1.54, 1.807) is 6.07 Å². The van der Waals surface area contributed by atoms with Crippen molar-refractivity contribution in [1.29, 1.82) is 0 Å². The van der Waals surface area contributed by atoms with Gasteiger partial charge in [-0.2, -0.15) is 0 Å². The highest BCUT2D eigenvalue weighted by Crippen LogP contribution is 2.51. The Labute approximate surface area is 168 Å². The van der Waals surface area contributed by atoms with Crippen LogP contribution in [0.4, 0.5) is 4.39 Å². The van der Waals surface area contributed by atoms with Crippen molar-refractivity contribution in [1.82, 2.24) is 10.0 Å². The van der Waals surface area contributed by atoms with Gasteiger partial charge >= 0.3 is 0 Å². The van der Waals surface area contributed by atoms with Crippen molar-refractivity contribution in [2.45, 2.75) is 51.0 Å². The van der Waals surface area contributed by atoms with Crippen LogP contribution in [0.5, 0.6) is 0 Å². The molecule has 2 N–H and O–H groups in total. The summed E-state index contributed by atoms with van der Waals surface area (Å²) in [6, 6.07) is 3.05. The Hall–Kier alpha value is -1.31. The van der Waals surface area contributed by atoms with E-state index in [1.165, 1.54) is 38.0 Å². The molecular formula is C21H29FN2O3S. The maximum atomic E-state index is 14.5. The second-order valence-corrected chi connectivity index (χ2v) is 9.84. The smallest absolute Gasteiger partial charge is 0.265 e. The molecule has 1 atom stereocenters. The van der Waals surface area contributed by atoms with Crippen LogP contribution >= 0.6 is 0 Å². The Kier molecular flexibility index (Phi) is 5.86. The lowest BCUT2D eigenvalue weighted by Crippen LogP contribution is -2.46. The largest absolute Gasteiger partial charge is 0.376 e. The Morgan fingerprint density at radius 3 is 2.68 bits per heavy atom. The summed E-state index contributed by atoms with van der Waals surface area (Å²) in [7, 11) is -1.52. The number of hydrogen-bond donors (Lipinski definition) is 2. The van der Waals surface area contributed by atoms with Crippen LogP contribution in [0.1, 0.15) is 65.9 Å². The maximum Gasteiger partial charge on any atom is 0.265 e. The van der Waals surface area contributed by atoms with Crippen LogP contribution in [0, 0.1) is 17.2 Å². The predicted octanol–water partition coefficient (Wildman–Crippen LogP) is 3.02. The Bertz CT molecular complexity index is 767. The van der Waals surface area contributed by atoms with E-state index in [9.17, 15) is 13.4 Å². The number of carbonyl (C=O) groups is 1. The molecule has 28 heavy (non-hydrogen) atoms. The van der Waals surface area contributed by atoms with E-state index in [1.807, 2.05) is 0 Å². The van der Waals surface area contributed by atoms with Crippen LogP contribution in [-0.2, 0) is 22.3 Å². The van der Waals surface area contributed by atoms with E-state index in [0.29, 0.717) is 23.9 Å². The monoisotopic (exact) mass is 408 g/mol. The van der Waals surface area contributed by atoms with E-state index in [-0.39, 0.29) is 5.56 Å². The van der Waals surface area contributed by atoms with Gasteiger partial charge in [-0.1, -0.05) is 0 Å². The molecule has 7 heteroatoms. The summed E-state index contributed by atoms with van der Waals surface area (Å²) in [5.74, 6) is -0.228. The fourth-order valence-corrected chi connectivity index (χ4v) is 5.24. The SMILES string of the molecule is CS(=O)NC(=O)c1cc(C2CC2)c(COCC2CC3(CCNCC3)C2)cc1F. The molecule has 0 radical (unpaired) electrons. The van der Waals surface area contributed by atoms with Crippen molar-refractivity contribution in [3.63, 3.8) is 0 Å². The molecule has 1 aliphatic heterocycles. The van der Waals surface area contributed by atoms with Gasteiger partial charge in [0.1, 0.15) is 16.8 Å². The average molecular weight is 409 g/mol. The van der Waals surface area contributed by atoms with Gasteiger partial charge in [-0.25, -0.2) is 8.60 Å². The molecule has 0 bridgehead atoms. The summed E-state index contributed by atoms with van der Waals surface area (Å²) in [5, 5.41) is 3.43. The number of halogens is 1. The molecule has 1 aromatic carbocycles. The fourth-order valence-electron chi connectivity index (χ4n) is 4.87. The number of carbonyl (C=O) groups excluding carboxylic acids is 1. The lowest BCUT2D eigenvalue weighted by molar-refractivity contribution is -0.0347. The van der Waals surface area contributed by atoms with Crippen molar-refractivity contribution < 1.29 is 18.1 Å². The molecule has 1 amide bonds. The Morgan fingerprint density at radius 1 is 1.32 bits per heavy atom. The van der Waals surface area contributed by atoms with Crippen LogP contribution in [0.15, 0.2) is 12.1 Å². The topological polar surface area (TPSA) is 67.4 Å². The molecule has 1 unspecified atom stereocenters. The molecule has 1 aromatic rings. The van der Waals surface area contributed by atoms with Gasteiger partial charge in [0.15, 0.2) is 0 Å². The summed E-state index contributed by atoms with van der Waals surface area (Å²) in [6.07, 6.45) is 8.49. The average Bonchev–Trinajstić information content (AvgIpc) is 3.45. The van der Waals surface area contributed by atoms with E-state index >= 15 is 0 Å². The van der Waals surface area contributed by atoms with Gasteiger partial charge in [0.05, 0.1) is 12.2 Å². The number of ether oxygens (including phenoxy) is 1. The third-order valence-electron chi connectivity index (χ3n) is 6.45. The van der Waals surface area contributed by atoms with E-state index in [2.05, 4.69) is 10.0 Å². The second-order valence-electron chi connectivity index (χ2n) is 8.73. The van der Waals surface area contributed by atoms with Crippen LogP contribution in [0.25, 0.3) is 0 Å². The zero-order valence-corrected chi connectivity index (χ0v) is 17.2.